The van der Waals surface area contributed by atoms with E-state index in [9.17, 15) is 4.79 Å². The van der Waals surface area contributed by atoms with Gasteiger partial charge in [0.15, 0.2) is 0 Å². The number of hydrogen-bond donors (Lipinski definition) is 0. The molecule has 1 aliphatic heterocycles. The minimum atomic E-state index is 0.138. The molecule has 5 rings (SSSR count). The van der Waals surface area contributed by atoms with E-state index in [2.05, 4.69) is 18.2 Å². The molecule has 6 heteroatoms. The van der Waals surface area contributed by atoms with Crippen molar-refractivity contribution in [2.45, 2.75) is 18.8 Å². The fourth-order valence-corrected chi connectivity index (χ4v) is 5.68. The quantitative estimate of drug-likeness (QED) is 0.482. The summed E-state index contributed by atoms with van der Waals surface area (Å²) >= 11 is 3.29. The van der Waals surface area contributed by atoms with Crippen molar-refractivity contribution in [3.8, 4) is 5.69 Å². The molecule has 1 amide bonds. The monoisotopic (exact) mass is 393 g/mol. The van der Waals surface area contributed by atoms with E-state index in [1.54, 1.807) is 11.3 Å². The van der Waals surface area contributed by atoms with E-state index in [0.717, 1.165) is 47.0 Å². The van der Waals surface area contributed by atoms with Gasteiger partial charge >= 0.3 is 0 Å². The van der Waals surface area contributed by atoms with Gasteiger partial charge in [0.05, 0.1) is 20.9 Å². The van der Waals surface area contributed by atoms with Crippen LogP contribution in [-0.4, -0.2) is 33.4 Å². The third-order valence-corrected chi connectivity index (χ3v) is 7.18. The van der Waals surface area contributed by atoms with Gasteiger partial charge in [0.2, 0.25) is 0 Å². The van der Waals surface area contributed by atoms with Gasteiger partial charge in [-0.15, -0.1) is 22.7 Å². The number of thiophene rings is 1. The minimum absolute atomic E-state index is 0.138. The molecule has 4 aromatic rings. The SMILES string of the molecule is O=C(c1sccc1-n1cccc1)N1CCC[C@@H](c2nc3ccccc3s2)C1. The van der Waals surface area contributed by atoms with Gasteiger partial charge in [-0.3, -0.25) is 4.79 Å². The lowest BCUT2D eigenvalue weighted by Crippen LogP contribution is -2.39. The Kier molecular flexibility index (Phi) is 4.30. The Morgan fingerprint density at radius 1 is 1.11 bits per heavy atom. The molecule has 0 unspecified atom stereocenters. The van der Waals surface area contributed by atoms with Gasteiger partial charge in [0.1, 0.15) is 4.88 Å². The van der Waals surface area contributed by atoms with Crippen LogP contribution in [0.15, 0.2) is 60.2 Å². The molecule has 3 aromatic heterocycles. The number of likely N-dealkylation sites (tertiary alicyclic amines) is 1. The number of benzene rings is 1. The lowest BCUT2D eigenvalue weighted by molar-refractivity contribution is 0.0712. The molecule has 4 heterocycles. The molecule has 0 N–H and O–H groups in total. The third kappa shape index (κ3) is 3.09. The first-order chi connectivity index (χ1) is 13.3. The van der Waals surface area contributed by atoms with Crippen molar-refractivity contribution < 1.29 is 4.79 Å². The number of thiazole rings is 1. The van der Waals surface area contributed by atoms with E-state index in [0.29, 0.717) is 5.92 Å². The summed E-state index contributed by atoms with van der Waals surface area (Å²) in [6, 6.07) is 14.3. The maximum atomic E-state index is 13.2. The van der Waals surface area contributed by atoms with Crippen LogP contribution in [0, 0.1) is 0 Å². The Bertz CT molecular complexity index is 1050. The zero-order chi connectivity index (χ0) is 18.2. The summed E-state index contributed by atoms with van der Waals surface area (Å²) in [5.41, 5.74) is 2.03. The number of rotatable bonds is 3. The van der Waals surface area contributed by atoms with Gasteiger partial charge in [-0.05, 0) is 48.6 Å². The molecule has 1 aromatic carbocycles. The van der Waals surface area contributed by atoms with Crippen molar-refractivity contribution in [3.63, 3.8) is 0 Å². The van der Waals surface area contributed by atoms with Crippen molar-refractivity contribution in [2.75, 3.05) is 13.1 Å². The lowest BCUT2D eigenvalue weighted by Gasteiger charge is -2.31. The molecule has 4 nitrogen and oxygen atoms in total. The average Bonchev–Trinajstić information content (AvgIpc) is 3.47. The number of fused-ring (bicyclic) bond motifs is 1. The Morgan fingerprint density at radius 2 is 1.96 bits per heavy atom. The zero-order valence-corrected chi connectivity index (χ0v) is 16.4. The Labute approximate surface area is 165 Å². The van der Waals surface area contributed by atoms with E-state index >= 15 is 0 Å². The second kappa shape index (κ2) is 6.94. The van der Waals surface area contributed by atoms with E-state index in [-0.39, 0.29) is 5.91 Å². The summed E-state index contributed by atoms with van der Waals surface area (Å²) < 4.78 is 3.24. The van der Waals surface area contributed by atoms with Crippen LogP contribution >= 0.6 is 22.7 Å². The molecule has 0 spiro atoms. The first kappa shape index (κ1) is 16.7. The predicted octanol–water partition coefficient (Wildman–Crippen LogP) is 5.17. The Balaban J connectivity index is 1.40. The normalized spacial score (nSPS) is 17.5. The second-order valence-corrected chi connectivity index (χ2v) is 8.81. The number of nitrogens with zero attached hydrogens (tertiary/aromatic N) is 3. The van der Waals surface area contributed by atoms with Gasteiger partial charge in [0, 0.05) is 31.4 Å². The fourth-order valence-electron chi connectivity index (χ4n) is 3.73. The number of hydrogen-bond acceptors (Lipinski definition) is 4. The molecule has 1 aliphatic rings. The van der Waals surface area contributed by atoms with Crippen LogP contribution in [0.5, 0.6) is 0 Å². The standard InChI is InChI=1S/C21H19N3OS2/c25-21(19-17(9-13-26-19)23-10-3-4-11-23)24-12-5-6-15(14-24)20-22-16-7-1-2-8-18(16)27-20/h1-4,7-11,13,15H,5-6,12,14H2/t15-/m1/s1. The Hall–Kier alpha value is -2.44. The molecule has 0 saturated carbocycles. The Morgan fingerprint density at radius 3 is 2.81 bits per heavy atom. The predicted molar refractivity (Wildman–Crippen MR) is 111 cm³/mol. The van der Waals surface area contributed by atoms with Gasteiger partial charge < -0.3 is 9.47 Å². The smallest absolute Gasteiger partial charge is 0.266 e. The summed E-state index contributed by atoms with van der Waals surface area (Å²) in [5, 5.41) is 3.16. The van der Waals surface area contributed by atoms with Crippen LogP contribution in [0.25, 0.3) is 15.9 Å². The van der Waals surface area contributed by atoms with Crippen LogP contribution in [0.1, 0.15) is 33.4 Å². The van der Waals surface area contributed by atoms with E-state index in [1.165, 1.54) is 16.0 Å². The van der Waals surface area contributed by atoms with Crippen LogP contribution in [0.4, 0.5) is 0 Å². The molecule has 0 aliphatic carbocycles. The number of para-hydroxylation sites is 1. The van der Waals surface area contributed by atoms with Crippen LogP contribution in [-0.2, 0) is 0 Å². The first-order valence-electron chi connectivity index (χ1n) is 9.15. The summed E-state index contributed by atoms with van der Waals surface area (Å²) in [5.74, 6) is 0.467. The average molecular weight is 394 g/mol. The molecule has 1 saturated heterocycles. The highest BCUT2D eigenvalue weighted by Crippen LogP contribution is 2.34. The van der Waals surface area contributed by atoms with Crippen molar-refractivity contribution in [2.24, 2.45) is 0 Å². The summed E-state index contributed by atoms with van der Waals surface area (Å²) in [7, 11) is 0. The largest absolute Gasteiger partial charge is 0.337 e. The summed E-state index contributed by atoms with van der Waals surface area (Å²) in [6.07, 6.45) is 6.09. The highest BCUT2D eigenvalue weighted by molar-refractivity contribution is 7.18. The maximum Gasteiger partial charge on any atom is 0.266 e. The molecule has 0 radical (unpaired) electrons. The number of carbonyl (C=O) groups is 1. The molecule has 27 heavy (non-hydrogen) atoms. The molecule has 136 valence electrons. The van der Waals surface area contributed by atoms with Crippen LogP contribution < -0.4 is 0 Å². The van der Waals surface area contributed by atoms with Crippen molar-refractivity contribution in [1.82, 2.24) is 14.5 Å². The van der Waals surface area contributed by atoms with E-state index < -0.39 is 0 Å². The summed E-state index contributed by atoms with van der Waals surface area (Å²) in [6.45, 7) is 1.57. The molecular weight excluding hydrogens is 374 g/mol. The molecule has 1 atom stereocenters. The highest BCUT2D eigenvalue weighted by atomic mass is 32.1. The minimum Gasteiger partial charge on any atom is -0.337 e. The number of piperidine rings is 1. The molecular formula is C21H19N3OS2. The van der Waals surface area contributed by atoms with E-state index in [4.69, 9.17) is 4.98 Å². The van der Waals surface area contributed by atoms with Crippen molar-refractivity contribution in [1.29, 1.82) is 0 Å². The fraction of sp³-hybridized carbons (Fsp3) is 0.238. The highest BCUT2D eigenvalue weighted by Gasteiger charge is 2.29. The van der Waals surface area contributed by atoms with Crippen LogP contribution in [0.3, 0.4) is 0 Å². The lowest BCUT2D eigenvalue weighted by atomic mass is 9.98. The third-order valence-electron chi connectivity index (χ3n) is 5.09. The van der Waals surface area contributed by atoms with Gasteiger partial charge in [-0.2, -0.15) is 0 Å². The van der Waals surface area contributed by atoms with E-state index in [1.807, 2.05) is 51.5 Å². The maximum absolute atomic E-state index is 13.2. The number of amides is 1. The van der Waals surface area contributed by atoms with Gasteiger partial charge in [-0.1, -0.05) is 12.1 Å². The topological polar surface area (TPSA) is 38.1 Å². The second-order valence-electron chi connectivity index (χ2n) is 6.84. The van der Waals surface area contributed by atoms with Crippen LogP contribution in [0.2, 0.25) is 0 Å². The first-order valence-corrected chi connectivity index (χ1v) is 10.8. The molecule has 0 bridgehead atoms. The zero-order valence-electron chi connectivity index (χ0n) is 14.7. The summed E-state index contributed by atoms with van der Waals surface area (Å²) in [4.78, 5) is 20.9. The van der Waals surface area contributed by atoms with Crippen molar-refractivity contribution >= 4 is 38.8 Å². The van der Waals surface area contributed by atoms with Crippen molar-refractivity contribution in [3.05, 3.63) is 70.1 Å². The number of aromatic nitrogens is 2. The van der Waals surface area contributed by atoms with Gasteiger partial charge in [-0.25, -0.2) is 4.98 Å². The number of carbonyl (C=O) groups excluding carboxylic acids is 1. The molecule has 1 fully saturated rings. The van der Waals surface area contributed by atoms with Gasteiger partial charge in [0.25, 0.3) is 5.91 Å².